The number of hydrogen-bond donors (Lipinski definition) is 0. The van der Waals surface area contributed by atoms with Crippen molar-refractivity contribution in [2.24, 2.45) is 0 Å². The first kappa shape index (κ1) is 15.8. The van der Waals surface area contributed by atoms with Gasteiger partial charge in [-0.15, -0.1) is 0 Å². The first-order valence-corrected chi connectivity index (χ1v) is 7.97. The molecule has 0 saturated heterocycles. The lowest BCUT2D eigenvalue weighted by atomic mass is 10.1. The molecule has 0 aromatic heterocycles. The molecule has 0 aliphatic carbocycles. The van der Waals surface area contributed by atoms with E-state index in [9.17, 15) is 4.79 Å². The molecule has 3 aromatic rings. The van der Waals surface area contributed by atoms with Crippen molar-refractivity contribution < 1.29 is 4.79 Å². The zero-order valence-electron chi connectivity index (χ0n) is 13.6. The SMILES string of the molecule is CC=CC(=O)c1ccc(N(c2ccccc2)c2ccccc2)cc1. The summed E-state index contributed by atoms with van der Waals surface area (Å²) in [6, 6.07) is 28.1. The minimum atomic E-state index is 0.0232. The number of carbonyl (C=O) groups excluding carboxylic acids is 1. The van der Waals surface area contributed by atoms with Gasteiger partial charge in [0, 0.05) is 22.6 Å². The summed E-state index contributed by atoms with van der Waals surface area (Å²) in [7, 11) is 0. The van der Waals surface area contributed by atoms with Crippen LogP contribution in [0.25, 0.3) is 0 Å². The molecule has 2 heteroatoms. The molecule has 0 radical (unpaired) electrons. The third kappa shape index (κ3) is 3.44. The molecule has 0 atom stereocenters. The van der Waals surface area contributed by atoms with Gasteiger partial charge < -0.3 is 4.90 Å². The van der Waals surface area contributed by atoms with Gasteiger partial charge in [0.25, 0.3) is 0 Å². The molecule has 0 amide bonds. The maximum atomic E-state index is 12.0. The van der Waals surface area contributed by atoms with Gasteiger partial charge in [-0.25, -0.2) is 0 Å². The highest BCUT2D eigenvalue weighted by Gasteiger charge is 2.12. The molecule has 0 aliphatic rings. The summed E-state index contributed by atoms with van der Waals surface area (Å²) in [6.45, 7) is 1.85. The maximum Gasteiger partial charge on any atom is 0.185 e. The van der Waals surface area contributed by atoms with Crippen LogP contribution >= 0.6 is 0 Å². The van der Waals surface area contributed by atoms with Gasteiger partial charge in [-0.3, -0.25) is 4.79 Å². The number of anilines is 3. The van der Waals surface area contributed by atoms with Gasteiger partial charge in [0.15, 0.2) is 5.78 Å². The van der Waals surface area contributed by atoms with Crippen molar-refractivity contribution in [1.82, 2.24) is 0 Å². The van der Waals surface area contributed by atoms with Crippen LogP contribution in [0, 0.1) is 0 Å². The Labute approximate surface area is 142 Å². The van der Waals surface area contributed by atoms with Gasteiger partial charge in [-0.05, 0) is 61.5 Å². The molecule has 0 aliphatic heterocycles. The fourth-order valence-corrected chi connectivity index (χ4v) is 2.62. The van der Waals surface area contributed by atoms with Crippen LogP contribution in [0.5, 0.6) is 0 Å². The molecule has 0 heterocycles. The fourth-order valence-electron chi connectivity index (χ4n) is 2.62. The van der Waals surface area contributed by atoms with Crippen molar-refractivity contribution >= 4 is 22.8 Å². The monoisotopic (exact) mass is 313 g/mol. The normalized spacial score (nSPS) is 10.7. The van der Waals surface area contributed by atoms with Crippen LogP contribution in [0.4, 0.5) is 17.1 Å². The van der Waals surface area contributed by atoms with E-state index < -0.39 is 0 Å². The third-order valence-electron chi connectivity index (χ3n) is 3.76. The van der Waals surface area contributed by atoms with Gasteiger partial charge in [0.1, 0.15) is 0 Å². The highest BCUT2D eigenvalue weighted by Crippen LogP contribution is 2.34. The van der Waals surface area contributed by atoms with Crippen molar-refractivity contribution in [1.29, 1.82) is 0 Å². The molecule has 0 unspecified atom stereocenters. The number of nitrogens with zero attached hydrogens (tertiary/aromatic N) is 1. The molecule has 0 saturated carbocycles. The Morgan fingerprint density at radius 2 is 1.17 bits per heavy atom. The molecular weight excluding hydrogens is 294 g/mol. The average molecular weight is 313 g/mol. The predicted octanol–water partition coefficient (Wildman–Crippen LogP) is 5.92. The van der Waals surface area contributed by atoms with Gasteiger partial charge in [-0.2, -0.15) is 0 Å². The lowest BCUT2D eigenvalue weighted by Crippen LogP contribution is -2.09. The minimum absolute atomic E-state index is 0.0232. The first-order valence-electron chi connectivity index (χ1n) is 7.97. The van der Waals surface area contributed by atoms with Gasteiger partial charge in [-0.1, -0.05) is 42.5 Å². The number of allylic oxidation sites excluding steroid dienone is 2. The fraction of sp³-hybridized carbons (Fsp3) is 0.0455. The van der Waals surface area contributed by atoms with Crippen molar-refractivity contribution in [3.8, 4) is 0 Å². The average Bonchev–Trinajstić information content (AvgIpc) is 2.64. The zero-order valence-corrected chi connectivity index (χ0v) is 13.6. The molecule has 0 spiro atoms. The Morgan fingerprint density at radius 3 is 1.62 bits per heavy atom. The van der Waals surface area contributed by atoms with Crippen LogP contribution in [-0.2, 0) is 0 Å². The molecule has 3 rings (SSSR count). The molecule has 0 bridgehead atoms. The van der Waals surface area contributed by atoms with Crippen LogP contribution < -0.4 is 4.90 Å². The summed E-state index contributed by atoms with van der Waals surface area (Å²) in [5.41, 5.74) is 3.87. The summed E-state index contributed by atoms with van der Waals surface area (Å²) >= 11 is 0. The summed E-state index contributed by atoms with van der Waals surface area (Å²) in [4.78, 5) is 14.1. The lowest BCUT2D eigenvalue weighted by Gasteiger charge is -2.25. The Morgan fingerprint density at radius 1 is 0.708 bits per heavy atom. The van der Waals surface area contributed by atoms with E-state index in [2.05, 4.69) is 29.2 Å². The number of carbonyl (C=O) groups is 1. The Bertz CT molecular complexity index is 781. The van der Waals surface area contributed by atoms with Crippen LogP contribution in [-0.4, -0.2) is 5.78 Å². The van der Waals surface area contributed by atoms with Gasteiger partial charge in [0.05, 0.1) is 0 Å². The second-order valence-electron chi connectivity index (χ2n) is 5.42. The first-order chi connectivity index (χ1) is 11.8. The van der Waals surface area contributed by atoms with Crippen molar-refractivity contribution in [3.63, 3.8) is 0 Å². The van der Waals surface area contributed by atoms with Gasteiger partial charge in [0.2, 0.25) is 0 Å². The topological polar surface area (TPSA) is 20.3 Å². The summed E-state index contributed by atoms with van der Waals surface area (Å²) in [5.74, 6) is 0.0232. The van der Waals surface area contributed by atoms with E-state index in [1.165, 1.54) is 0 Å². The maximum absolute atomic E-state index is 12.0. The predicted molar refractivity (Wildman–Crippen MR) is 100 cm³/mol. The Balaban J connectivity index is 2.02. The Hall–Kier alpha value is -3.13. The van der Waals surface area contributed by atoms with Crippen LogP contribution in [0.1, 0.15) is 17.3 Å². The number of benzene rings is 3. The summed E-state index contributed by atoms with van der Waals surface area (Å²) < 4.78 is 0. The zero-order chi connectivity index (χ0) is 16.8. The van der Waals surface area contributed by atoms with E-state index in [1.807, 2.05) is 67.6 Å². The van der Waals surface area contributed by atoms with Crippen LogP contribution in [0.3, 0.4) is 0 Å². The van der Waals surface area contributed by atoms with E-state index in [4.69, 9.17) is 0 Å². The Kier molecular flexibility index (Phi) is 4.87. The number of rotatable bonds is 5. The molecule has 0 fully saturated rings. The summed E-state index contributed by atoms with van der Waals surface area (Å²) in [6.07, 6.45) is 3.34. The molecule has 3 aromatic carbocycles. The van der Waals surface area contributed by atoms with E-state index in [1.54, 1.807) is 12.2 Å². The molecule has 24 heavy (non-hydrogen) atoms. The number of hydrogen-bond acceptors (Lipinski definition) is 2. The lowest BCUT2D eigenvalue weighted by molar-refractivity contribution is 0.104. The quantitative estimate of drug-likeness (QED) is 0.431. The second-order valence-corrected chi connectivity index (χ2v) is 5.42. The smallest absolute Gasteiger partial charge is 0.185 e. The molecule has 2 nitrogen and oxygen atoms in total. The molecule has 118 valence electrons. The number of ketones is 1. The highest BCUT2D eigenvalue weighted by molar-refractivity contribution is 6.04. The van der Waals surface area contributed by atoms with Crippen molar-refractivity contribution in [2.75, 3.05) is 4.90 Å². The van der Waals surface area contributed by atoms with Gasteiger partial charge >= 0.3 is 0 Å². The van der Waals surface area contributed by atoms with Crippen molar-refractivity contribution in [3.05, 3.63) is 103 Å². The highest BCUT2D eigenvalue weighted by atomic mass is 16.1. The molecule has 0 N–H and O–H groups in total. The largest absolute Gasteiger partial charge is 0.311 e. The second kappa shape index (κ2) is 7.42. The van der Waals surface area contributed by atoms with Crippen LogP contribution in [0.15, 0.2) is 97.1 Å². The van der Waals surface area contributed by atoms with Crippen molar-refractivity contribution in [2.45, 2.75) is 6.92 Å². The molecular formula is C22H19NO. The third-order valence-corrected chi connectivity index (χ3v) is 3.76. The minimum Gasteiger partial charge on any atom is -0.311 e. The summed E-state index contributed by atoms with van der Waals surface area (Å²) in [5, 5.41) is 0. The van der Waals surface area contributed by atoms with E-state index in [-0.39, 0.29) is 5.78 Å². The van der Waals surface area contributed by atoms with Crippen LogP contribution in [0.2, 0.25) is 0 Å². The standard InChI is InChI=1S/C22H19NO/c1-2-9-22(24)18-14-16-21(17-15-18)23(19-10-5-3-6-11-19)20-12-7-4-8-13-20/h2-17H,1H3. The van der Waals surface area contributed by atoms with E-state index in [0.29, 0.717) is 5.56 Å². The van der Waals surface area contributed by atoms with E-state index in [0.717, 1.165) is 17.1 Å². The van der Waals surface area contributed by atoms with E-state index >= 15 is 0 Å². The number of para-hydroxylation sites is 2.